The van der Waals surface area contributed by atoms with Gasteiger partial charge in [0, 0.05) is 25.6 Å². The summed E-state index contributed by atoms with van der Waals surface area (Å²) in [4.78, 5) is 0. The van der Waals surface area contributed by atoms with Gasteiger partial charge in [-0.05, 0) is 6.42 Å². The molecule has 0 atom stereocenters. The zero-order valence-corrected chi connectivity index (χ0v) is 7.99. The van der Waals surface area contributed by atoms with Crippen molar-refractivity contribution in [2.45, 2.75) is 19.8 Å². The summed E-state index contributed by atoms with van der Waals surface area (Å²) in [6, 6.07) is 0. The SMILES string of the molecule is CCCCOCCNCCCl. The molecule has 0 aromatic rings. The number of rotatable bonds is 8. The van der Waals surface area contributed by atoms with E-state index in [2.05, 4.69) is 12.2 Å². The fourth-order valence-corrected chi connectivity index (χ4v) is 0.818. The van der Waals surface area contributed by atoms with Gasteiger partial charge >= 0.3 is 0 Å². The van der Waals surface area contributed by atoms with E-state index in [1.165, 1.54) is 6.42 Å². The Morgan fingerprint density at radius 1 is 1.27 bits per heavy atom. The van der Waals surface area contributed by atoms with E-state index in [-0.39, 0.29) is 0 Å². The van der Waals surface area contributed by atoms with Gasteiger partial charge in [-0.15, -0.1) is 11.6 Å². The summed E-state index contributed by atoms with van der Waals surface area (Å²) in [6.45, 7) is 5.64. The highest BCUT2D eigenvalue weighted by Crippen LogP contribution is 1.86. The summed E-state index contributed by atoms with van der Waals surface area (Å²) in [7, 11) is 0. The van der Waals surface area contributed by atoms with Crippen molar-refractivity contribution < 1.29 is 4.74 Å². The van der Waals surface area contributed by atoms with Crippen LogP contribution in [0.1, 0.15) is 19.8 Å². The number of alkyl halides is 1. The highest BCUT2D eigenvalue weighted by molar-refractivity contribution is 6.18. The molecule has 1 N–H and O–H groups in total. The first-order valence-corrected chi connectivity index (χ1v) is 4.79. The van der Waals surface area contributed by atoms with Gasteiger partial charge in [-0.2, -0.15) is 0 Å². The molecular formula is C8H18ClNO. The maximum absolute atomic E-state index is 5.46. The van der Waals surface area contributed by atoms with Gasteiger partial charge in [-0.25, -0.2) is 0 Å². The molecule has 0 unspecified atom stereocenters. The van der Waals surface area contributed by atoms with Gasteiger partial charge in [0.25, 0.3) is 0 Å². The van der Waals surface area contributed by atoms with Crippen molar-refractivity contribution in [3.8, 4) is 0 Å². The van der Waals surface area contributed by atoms with Crippen molar-refractivity contribution in [3.05, 3.63) is 0 Å². The highest BCUT2D eigenvalue weighted by atomic mass is 35.5. The molecule has 0 aromatic carbocycles. The zero-order valence-electron chi connectivity index (χ0n) is 7.24. The Balaban J connectivity index is 2.69. The number of hydrogen-bond acceptors (Lipinski definition) is 2. The molecule has 0 saturated heterocycles. The first-order chi connectivity index (χ1) is 5.41. The standard InChI is InChI=1S/C8H18ClNO/c1-2-3-7-11-8-6-10-5-4-9/h10H,2-8H2,1H3. The fraction of sp³-hybridized carbons (Fsp3) is 1.00. The van der Waals surface area contributed by atoms with E-state index in [9.17, 15) is 0 Å². The summed E-state index contributed by atoms with van der Waals surface area (Å²) < 4.78 is 5.32. The van der Waals surface area contributed by atoms with E-state index in [1.54, 1.807) is 0 Å². The number of halogens is 1. The smallest absolute Gasteiger partial charge is 0.0590 e. The van der Waals surface area contributed by atoms with Crippen molar-refractivity contribution in [2.24, 2.45) is 0 Å². The number of ether oxygens (including phenoxy) is 1. The van der Waals surface area contributed by atoms with E-state index in [1.807, 2.05) is 0 Å². The molecule has 0 aliphatic heterocycles. The van der Waals surface area contributed by atoms with Crippen LogP contribution in [0.5, 0.6) is 0 Å². The molecule has 0 amide bonds. The van der Waals surface area contributed by atoms with Crippen LogP contribution in [0.4, 0.5) is 0 Å². The summed E-state index contributed by atoms with van der Waals surface area (Å²) >= 11 is 5.46. The van der Waals surface area contributed by atoms with Gasteiger partial charge in [0.2, 0.25) is 0 Å². The average Bonchev–Trinajstić information content (AvgIpc) is 2.03. The monoisotopic (exact) mass is 179 g/mol. The van der Waals surface area contributed by atoms with Crippen molar-refractivity contribution in [3.63, 3.8) is 0 Å². The molecule has 0 aliphatic rings. The van der Waals surface area contributed by atoms with Crippen LogP contribution in [0.3, 0.4) is 0 Å². The Hall–Kier alpha value is 0.210. The van der Waals surface area contributed by atoms with Crippen LogP contribution < -0.4 is 5.32 Å². The number of nitrogens with one attached hydrogen (secondary N) is 1. The summed E-state index contributed by atoms with van der Waals surface area (Å²) in [6.07, 6.45) is 2.37. The van der Waals surface area contributed by atoms with E-state index in [4.69, 9.17) is 16.3 Å². The van der Waals surface area contributed by atoms with Crippen LogP contribution >= 0.6 is 11.6 Å². The molecule has 0 heterocycles. The molecular weight excluding hydrogens is 162 g/mol. The summed E-state index contributed by atoms with van der Waals surface area (Å²) in [5, 5.41) is 3.16. The predicted molar refractivity (Wildman–Crippen MR) is 49.3 cm³/mol. The topological polar surface area (TPSA) is 21.3 Å². The minimum Gasteiger partial charge on any atom is -0.380 e. The highest BCUT2D eigenvalue weighted by Gasteiger charge is 1.86. The van der Waals surface area contributed by atoms with Gasteiger partial charge < -0.3 is 10.1 Å². The van der Waals surface area contributed by atoms with E-state index < -0.39 is 0 Å². The van der Waals surface area contributed by atoms with Crippen molar-refractivity contribution in [1.82, 2.24) is 5.32 Å². The Kier molecular flexibility index (Phi) is 10.4. The van der Waals surface area contributed by atoms with Crippen LogP contribution in [0, 0.1) is 0 Å². The Bertz CT molecular complexity index is 63.1. The number of unbranched alkanes of at least 4 members (excludes halogenated alkanes) is 1. The normalized spacial score (nSPS) is 10.4. The van der Waals surface area contributed by atoms with Gasteiger partial charge in [-0.3, -0.25) is 0 Å². The third-order valence-electron chi connectivity index (χ3n) is 1.34. The number of hydrogen-bond donors (Lipinski definition) is 1. The second-order valence-electron chi connectivity index (χ2n) is 2.40. The minimum atomic E-state index is 0.676. The van der Waals surface area contributed by atoms with Crippen molar-refractivity contribution in [1.29, 1.82) is 0 Å². The lowest BCUT2D eigenvalue weighted by Gasteiger charge is -2.03. The first-order valence-electron chi connectivity index (χ1n) is 4.26. The molecule has 0 rings (SSSR count). The maximum Gasteiger partial charge on any atom is 0.0590 e. The van der Waals surface area contributed by atoms with Crippen LogP contribution in [-0.2, 0) is 4.74 Å². The second kappa shape index (κ2) is 10.2. The van der Waals surface area contributed by atoms with Crippen LogP contribution in [0.25, 0.3) is 0 Å². The third-order valence-corrected chi connectivity index (χ3v) is 1.53. The Morgan fingerprint density at radius 3 is 2.73 bits per heavy atom. The molecule has 2 nitrogen and oxygen atoms in total. The molecule has 0 bridgehead atoms. The van der Waals surface area contributed by atoms with Gasteiger partial charge in [-0.1, -0.05) is 13.3 Å². The van der Waals surface area contributed by atoms with E-state index >= 15 is 0 Å². The lowest BCUT2D eigenvalue weighted by molar-refractivity contribution is 0.133. The molecule has 68 valence electrons. The Morgan fingerprint density at radius 2 is 2.09 bits per heavy atom. The summed E-state index contributed by atoms with van der Waals surface area (Å²) in [5.41, 5.74) is 0. The molecule has 0 aliphatic carbocycles. The van der Waals surface area contributed by atoms with Gasteiger partial charge in [0.15, 0.2) is 0 Å². The first kappa shape index (κ1) is 11.2. The minimum absolute atomic E-state index is 0.676. The van der Waals surface area contributed by atoms with E-state index in [0.29, 0.717) is 5.88 Å². The van der Waals surface area contributed by atoms with Crippen LogP contribution in [0.15, 0.2) is 0 Å². The van der Waals surface area contributed by atoms with Gasteiger partial charge in [0.1, 0.15) is 0 Å². The molecule has 0 radical (unpaired) electrons. The maximum atomic E-state index is 5.46. The van der Waals surface area contributed by atoms with E-state index in [0.717, 1.165) is 32.7 Å². The van der Waals surface area contributed by atoms with Gasteiger partial charge in [0.05, 0.1) is 6.61 Å². The average molecular weight is 180 g/mol. The second-order valence-corrected chi connectivity index (χ2v) is 2.78. The molecule has 0 saturated carbocycles. The molecule has 0 spiro atoms. The molecule has 0 fully saturated rings. The molecule has 11 heavy (non-hydrogen) atoms. The van der Waals surface area contributed by atoms with Crippen molar-refractivity contribution >= 4 is 11.6 Å². The zero-order chi connectivity index (χ0) is 8.36. The summed E-state index contributed by atoms with van der Waals surface area (Å²) in [5.74, 6) is 0.676. The molecule has 0 aromatic heterocycles. The fourth-order valence-electron chi connectivity index (χ4n) is 0.685. The quantitative estimate of drug-likeness (QED) is 0.452. The molecule has 3 heteroatoms. The van der Waals surface area contributed by atoms with Crippen molar-refractivity contribution in [2.75, 3.05) is 32.2 Å². The third kappa shape index (κ3) is 10.2. The largest absolute Gasteiger partial charge is 0.380 e. The Labute approximate surface area is 74.3 Å². The lowest BCUT2D eigenvalue weighted by atomic mass is 10.4. The lowest BCUT2D eigenvalue weighted by Crippen LogP contribution is -2.21. The van der Waals surface area contributed by atoms with Crippen LogP contribution in [-0.4, -0.2) is 32.2 Å². The predicted octanol–water partition coefficient (Wildman–Crippen LogP) is 1.63. The van der Waals surface area contributed by atoms with Crippen LogP contribution in [0.2, 0.25) is 0 Å².